The normalized spacial score (nSPS) is 10.8. The zero-order chi connectivity index (χ0) is 12.3. The summed E-state index contributed by atoms with van der Waals surface area (Å²) in [5.74, 6) is 0. The third kappa shape index (κ3) is 2.74. The van der Waals surface area contributed by atoms with E-state index in [9.17, 15) is 0 Å². The largest absolute Gasteiger partial charge is 0.311 e. The Bertz CT molecular complexity index is 500. The van der Waals surface area contributed by atoms with Crippen molar-refractivity contribution < 1.29 is 0 Å². The molecule has 0 atom stereocenters. The van der Waals surface area contributed by atoms with E-state index in [0.717, 1.165) is 24.5 Å². The highest BCUT2D eigenvalue weighted by atomic mass is 15.3. The molecule has 0 fully saturated rings. The number of aromatic nitrogens is 2. The van der Waals surface area contributed by atoms with Crippen LogP contribution in [-0.2, 0) is 6.54 Å². The highest BCUT2D eigenvalue weighted by molar-refractivity contribution is 5.41. The third-order valence-electron chi connectivity index (χ3n) is 2.80. The second kappa shape index (κ2) is 5.15. The smallest absolute Gasteiger partial charge is 0.0766 e. The number of hydrogen-bond acceptors (Lipinski definition) is 2. The summed E-state index contributed by atoms with van der Waals surface area (Å²) in [5, 5.41) is 7.84. The molecule has 0 saturated heterocycles. The minimum atomic E-state index is 0.828. The highest BCUT2D eigenvalue weighted by Gasteiger charge is 2.03. The molecule has 2 rings (SSSR count). The molecule has 0 aliphatic rings. The van der Waals surface area contributed by atoms with Gasteiger partial charge in [-0.25, -0.2) is 4.68 Å². The maximum absolute atomic E-state index is 4.56. The van der Waals surface area contributed by atoms with Gasteiger partial charge >= 0.3 is 0 Å². The van der Waals surface area contributed by atoms with Gasteiger partial charge in [-0.05, 0) is 38.1 Å². The molecular weight excluding hydrogens is 210 g/mol. The van der Waals surface area contributed by atoms with Crippen LogP contribution >= 0.6 is 0 Å². The number of aryl methyl sites for hydroxylation is 2. The van der Waals surface area contributed by atoms with Gasteiger partial charge in [-0.3, -0.25) is 0 Å². The van der Waals surface area contributed by atoms with Crippen molar-refractivity contribution in [3.05, 3.63) is 47.3 Å². The summed E-state index contributed by atoms with van der Waals surface area (Å²) >= 11 is 0. The molecule has 2 aromatic rings. The molecule has 0 aliphatic heterocycles. The van der Waals surface area contributed by atoms with Crippen molar-refractivity contribution in [3.63, 3.8) is 0 Å². The number of nitrogens with one attached hydrogen (secondary N) is 1. The molecule has 0 spiro atoms. The molecule has 17 heavy (non-hydrogen) atoms. The van der Waals surface area contributed by atoms with Crippen LogP contribution in [-0.4, -0.2) is 16.3 Å². The SMILES string of the molecule is CCNCc1ccn(-c2ccc(C)cc2C)n1. The quantitative estimate of drug-likeness (QED) is 0.873. The second-order valence-corrected chi connectivity index (χ2v) is 4.32. The molecular formula is C14H19N3. The molecule has 3 heteroatoms. The van der Waals surface area contributed by atoms with Crippen LogP contribution in [0.15, 0.2) is 30.5 Å². The molecule has 0 aliphatic carbocycles. The van der Waals surface area contributed by atoms with Crippen molar-refractivity contribution in [1.29, 1.82) is 0 Å². The number of benzene rings is 1. The molecule has 0 unspecified atom stereocenters. The van der Waals surface area contributed by atoms with Crippen LogP contribution in [0.5, 0.6) is 0 Å². The third-order valence-corrected chi connectivity index (χ3v) is 2.80. The summed E-state index contributed by atoms with van der Waals surface area (Å²) < 4.78 is 1.95. The Labute approximate surface area is 102 Å². The zero-order valence-corrected chi connectivity index (χ0v) is 10.7. The average molecular weight is 229 g/mol. The van der Waals surface area contributed by atoms with Crippen molar-refractivity contribution in [2.24, 2.45) is 0 Å². The number of rotatable bonds is 4. The second-order valence-electron chi connectivity index (χ2n) is 4.32. The lowest BCUT2D eigenvalue weighted by Gasteiger charge is -2.06. The average Bonchev–Trinajstić information content (AvgIpc) is 2.75. The van der Waals surface area contributed by atoms with Crippen LogP contribution in [0.25, 0.3) is 5.69 Å². The first-order chi connectivity index (χ1) is 8.20. The minimum absolute atomic E-state index is 0.828. The molecule has 0 bridgehead atoms. The molecule has 3 nitrogen and oxygen atoms in total. The fourth-order valence-electron chi connectivity index (χ4n) is 1.91. The van der Waals surface area contributed by atoms with Crippen LogP contribution in [0.3, 0.4) is 0 Å². The molecule has 90 valence electrons. The van der Waals surface area contributed by atoms with Gasteiger partial charge in [0, 0.05) is 12.7 Å². The standard InChI is InChI=1S/C14H19N3/c1-4-15-10-13-7-8-17(16-13)14-6-5-11(2)9-12(14)3/h5-9,15H,4,10H2,1-3H3. The van der Waals surface area contributed by atoms with E-state index in [4.69, 9.17) is 0 Å². The van der Waals surface area contributed by atoms with Crippen LogP contribution in [0, 0.1) is 13.8 Å². The van der Waals surface area contributed by atoms with E-state index >= 15 is 0 Å². The van der Waals surface area contributed by atoms with Gasteiger partial charge in [0.2, 0.25) is 0 Å². The summed E-state index contributed by atoms with van der Waals surface area (Å²) in [4.78, 5) is 0. The first kappa shape index (κ1) is 11.9. The lowest BCUT2D eigenvalue weighted by molar-refractivity contribution is 0.696. The predicted octanol–water partition coefficient (Wildman–Crippen LogP) is 2.60. The lowest BCUT2D eigenvalue weighted by Crippen LogP contribution is -2.12. The van der Waals surface area contributed by atoms with Crippen LogP contribution in [0.2, 0.25) is 0 Å². The van der Waals surface area contributed by atoms with E-state index < -0.39 is 0 Å². The van der Waals surface area contributed by atoms with Gasteiger partial charge in [-0.15, -0.1) is 0 Å². The Morgan fingerprint density at radius 2 is 2.06 bits per heavy atom. The Morgan fingerprint density at radius 3 is 2.76 bits per heavy atom. The van der Waals surface area contributed by atoms with Crippen LogP contribution in [0.4, 0.5) is 0 Å². The van der Waals surface area contributed by atoms with E-state index in [-0.39, 0.29) is 0 Å². The van der Waals surface area contributed by atoms with Gasteiger partial charge in [-0.2, -0.15) is 5.10 Å². The van der Waals surface area contributed by atoms with E-state index in [1.165, 1.54) is 11.1 Å². The monoisotopic (exact) mass is 229 g/mol. The van der Waals surface area contributed by atoms with Gasteiger partial charge in [0.05, 0.1) is 11.4 Å². The number of hydrogen-bond donors (Lipinski definition) is 1. The van der Waals surface area contributed by atoms with E-state index in [1.807, 2.05) is 10.9 Å². The summed E-state index contributed by atoms with van der Waals surface area (Å²) in [6, 6.07) is 8.48. The van der Waals surface area contributed by atoms with Crippen LogP contribution < -0.4 is 5.32 Å². The first-order valence-electron chi connectivity index (χ1n) is 6.03. The van der Waals surface area contributed by atoms with Crippen molar-refractivity contribution in [3.8, 4) is 5.69 Å². The summed E-state index contributed by atoms with van der Waals surface area (Å²) in [6.45, 7) is 8.12. The number of nitrogens with zero attached hydrogens (tertiary/aromatic N) is 2. The molecule has 0 radical (unpaired) electrons. The molecule has 0 saturated carbocycles. The summed E-state index contributed by atoms with van der Waals surface area (Å²) in [7, 11) is 0. The van der Waals surface area contributed by atoms with Crippen molar-refractivity contribution in [2.75, 3.05) is 6.54 Å². The molecule has 1 aromatic heterocycles. The molecule has 0 amide bonds. The van der Waals surface area contributed by atoms with Crippen molar-refractivity contribution in [2.45, 2.75) is 27.3 Å². The Morgan fingerprint density at radius 1 is 1.24 bits per heavy atom. The molecule has 1 heterocycles. The van der Waals surface area contributed by atoms with Gasteiger partial charge in [0.15, 0.2) is 0 Å². The maximum Gasteiger partial charge on any atom is 0.0766 e. The minimum Gasteiger partial charge on any atom is -0.311 e. The van der Waals surface area contributed by atoms with Crippen molar-refractivity contribution >= 4 is 0 Å². The predicted molar refractivity (Wildman–Crippen MR) is 70.4 cm³/mol. The zero-order valence-electron chi connectivity index (χ0n) is 10.7. The highest BCUT2D eigenvalue weighted by Crippen LogP contribution is 2.15. The lowest BCUT2D eigenvalue weighted by atomic mass is 10.1. The molecule has 1 N–H and O–H groups in total. The topological polar surface area (TPSA) is 29.9 Å². The first-order valence-corrected chi connectivity index (χ1v) is 6.03. The van der Waals surface area contributed by atoms with Crippen LogP contribution in [0.1, 0.15) is 23.7 Å². The van der Waals surface area contributed by atoms with Crippen molar-refractivity contribution in [1.82, 2.24) is 15.1 Å². The van der Waals surface area contributed by atoms with Gasteiger partial charge < -0.3 is 5.32 Å². The fourth-order valence-corrected chi connectivity index (χ4v) is 1.91. The van der Waals surface area contributed by atoms with E-state index in [1.54, 1.807) is 0 Å². The van der Waals surface area contributed by atoms with Gasteiger partial charge in [0.1, 0.15) is 0 Å². The Balaban J connectivity index is 2.24. The van der Waals surface area contributed by atoms with Gasteiger partial charge in [-0.1, -0.05) is 24.6 Å². The Kier molecular flexibility index (Phi) is 3.59. The van der Waals surface area contributed by atoms with E-state index in [0.29, 0.717) is 0 Å². The molecule has 1 aromatic carbocycles. The summed E-state index contributed by atoms with van der Waals surface area (Å²) in [6.07, 6.45) is 2.02. The maximum atomic E-state index is 4.56. The van der Waals surface area contributed by atoms with E-state index in [2.05, 4.69) is 55.5 Å². The Hall–Kier alpha value is -1.61. The summed E-state index contributed by atoms with van der Waals surface area (Å²) in [5.41, 5.74) is 4.76. The fraction of sp³-hybridized carbons (Fsp3) is 0.357. The van der Waals surface area contributed by atoms with Gasteiger partial charge in [0.25, 0.3) is 0 Å².